The highest BCUT2D eigenvalue weighted by Gasteiger charge is 2.44. The zero-order valence-electron chi connectivity index (χ0n) is 17.9. The number of aliphatic hydroxyl groups excluding tert-OH is 1. The number of rotatable bonds is 4. The molecule has 2 aromatic rings. The number of ether oxygens (including phenoxy) is 3. The van der Waals surface area contributed by atoms with Gasteiger partial charge in [-0.1, -0.05) is 0 Å². The van der Waals surface area contributed by atoms with Gasteiger partial charge >= 0.3 is 0 Å². The molecule has 0 spiro atoms. The lowest BCUT2D eigenvalue weighted by Crippen LogP contribution is -2.42. The van der Waals surface area contributed by atoms with Crippen molar-refractivity contribution in [2.45, 2.75) is 25.0 Å². The molecule has 31 heavy (non-hydrogen) atoms. The lowest BCUT2D eigenvalue weighted by Gasteiger charge is -2.35. The summed E-state index contributed by atoms with van der Waals surface area (Å²) in [5.74, 6) is 2.73. The number of hydrogen-bond donors (Lipinski definition) is 1. The predicted molar refractivity (Wildman–Crippen MR) is 116 cm³/mol. The maximum absolute atomic E-state index is 13.0. The van der Waals surface area contributed by atoms with E-state index < -0.39 is 6.10 Å². The minimum Gasteiger partial charge on any atom is -0.488 e. The maximum atomic E-state index is 13.0. The molecule has 0 radical (unpaired) electrons. The van der Waals surface area contributed by atoms with Crippen LogP contribution in [0.25, 0.3) is 0 Å². The van der Waals surface area contributed by atoms with Crippen molar-refractivity contribution in [2.24, 2.45) is 11.8 Å². The number of aliphatic hydroxyl groups is 1. The Morgan fingerprint density at radius 1 is 1.03 bits per heavy atom. The van der Waals surface area contributed by atoms with E-state index in [4.69, 9.17) is 14.2 Å². The molecule has 1 saturated carbocycles. The normalized spacial score (nSPS) is 26.5. The highest BCUT2D eigenvalue weighted by Crippen LogP contribution is 2.40. The second-order valence-corrected chi connectivity index (χ2v) is 8.88. The van der Waals surface area contributed by atoms with Gasteiger partial charge in [0.1, 0.15) is 11.9 Å². The number of carbonyl (C=O) groups excluding carboxylic acids is 1. The number of amides is 1. The second-order valence-electron chi connectivity index (χ2n) is 8.88. The first-order valence-corrected chi connectivity index (χ1v) is 10.8. The summed E-state index contributed by atoms with van der Waals surface area (Å²) in [5.41, 5.74) is 1.77. The average molecular weight is 424 g/mol. The Bertz CT molecular complexity index is 961. The molecule has 2 aliphatic heterocycles. The van der Waals surface area contributed by atoms with Gasteiger partial charge in [0.15, 0.2) is 11.5 Å². The summed E-state index contributed by atoms with van der Waals surface area (Å²) in [4.78, 5) is 17.0. The molecule has 5 rings (SSSR count). The van der Waals surface area contributed by atoms with Crippen LogP contribution >= 0.6 is 0 Å². The summed E-state index contributed by atoms with van der Waals surface area (Å²) < 4.78 is 16.9. The molecule has 0 aromatic heterocycles. The smallest absolute Gasteiger partial charge is 0.253 e. The Balaban J connectivity index is 1.23. The molecule has 1 amide bonds. The Kier molecular flexibility index (Phi) is 5.14. The van der Waals surface area contributed by atoms with Gasteiger partial charge in [0.25, 0.3) is 5.91 Å². The number of hydrogen-bond acceptors (Lipinski definition) is 6. The Morgan fingerprint density at radius 3 is 2.48 bits per heavy atom. The molecule has 1 saturated heterocycles. The molecular formula is C24H28N2O5. The molecule has 1 aliphatic carbocycles. The Labute approximate surface area is 182 Å². The molecule has 0 unspecified atom stereocenters. The van der Waals surface area contributed by atoms with Crippen molar-refractivity contribution in [3.8, 4) is 17.2 Å². The van der Waals surface area contributed by atoms with Crippen LogP contribution in [-0.4, -0.2) is 62.1 Å². The van der Waals surface area contributed by atoms with E-state index in [2.05, 4.69) is 0 Å². The second kappa shape index (κ2) is 7.96. The van der Waals surface area contributed by atoms with E-state index in [0.717, 1.165) is 12.1 Å². The molecule has 0 bridgehead atoms. The summed E-state index contributed by atoms with van der Waals surface area (Å²) >= 11 is 0. The summed E-state index contributed by atoms with van der Waals surface area (Å²) in [5, 5.41) is 10.7. The highest BCUT2D eigenvalue weighted by atomic mass is 16.7. The standard InChI is InChI=1S/C24H28N2O5/c1-25(2)18-5-3-15(4-6-18)24(28)26-12-16-9-20(27)22(10-17(16)13-26)31-19-7-8-21-23(11-19)30-14-29-21/h3-8,11,16-17,20,22,27H,9-10,12-14H2,1-2H3/t16-,17+,20+,22+/m0/s1. The molecule has 1 N–H and O–H groups in total. The molecule has 4 atom stereocenters. The van der Waals surface area contributed by atoms with Gasteiger partial charge in [0, 0.05) is 44.5 Å². The fraction of sp³-hybridized carbons (Fsp3) is 0.458. The highest BCUT2D eigenvalue weighted by molar-refractivity contribution is 5.94. The number of nitrogens with zero attached hydrogens (tertiary/aromatic N) is 2. The summed E-state index contributed by atoms with van der Waals surface area (Å²) in [6.45, 7) is 1.61. The van der Waals surface area contributed by atoms with E-state index in [9.17, 15) is 9.90 Å². The van der Waals surface area contributed by atoms with Gasteiger partial charge in [-0.15, -0.1) is 0 Å². The van der Waals surface area contributed by atoms with Crippen molar-refractivity contribution in [3.05, 3.63) is 48.0 Å². The van der Waals surface area contributed by atoms with Crippen LogP contribution in [-0.2, 0) is 0 Å². The molecule has 164 valence electrons. The number of fused-ring (bicyclic) bond motifs is 2. The van der Waals surface area contributed by atoms with Crippen LogP contribution in [0.2, 0.25) is 0 Å². The van der Waals surface area contributed by atoms with E-state index in [1.165, 1.54) is 0 Å². The summed E-state index contributed by atoms with van der Waals surface area (Å²) in [6.07, 6.45) is 0.518. The largest absolute Gasteiger partial charge is 0.488 e. The first kappa shape index (κ1) is 20.0. The van der Waals surface area contributed by atoms with Crippen molar-refractivity contribution in [1.29, 1.82) is 0 Å². The molecule has 2 heterocycles. The third-order valence-corrected chi connectivity index (χ3v) is 6.63. The Hall–Kier alpha value is -2.93. The van der Waals surface area contributed by atoms with E-state index in [0.29, 0.717) is 54.2 Å². The van der Waals surface area contributed by atoms with Crippen LogP contribution in [0.1, 0.15) is 23.2 Å². The number of likely N-dealkylation sites (tertiary alicyclic amines) is 1. The first-order chi connectivity index (χ1) is 15.0. The van der Waals surface area contributed by atoms with E-state index in [-0.39, 0.29) is 18.8 Å². The third kappa shape index (κ3) is 3.90. The zero-order valence-corrected chi connectivity index (χ0v) is 17.9. The van der Waals surface area contributed by atoms with Crippen LogP contribution < -0.4 is 19.1 Å². The van der Waals surface area contributed by atoms with Gasteiger partial charge in [-0.2, -0.15) is 0 Å². The zero-order chi connectivity index (χ0) is 21.5. The number of benzene rings is 2. The first-order valence-electron chi connectivity index (χ1n) is 10.8. The molecule has 7 nitrogen and oxygen atoms in total. The number of carbonyl (C=O) groups is 1. The Morgan fingerprint density at radius 2 is 1.74 bits per heavy atom. The monoisotopic (exact) mass is 424 g/mol. The van der Waals surface area contributed by atoms with Crippen molar-refractivity contribution >= 4 is 11.6 Å². The van der Waals surface area contributed by atoms with Crippen LogP contribution in [0.15, 0.2) is 42.5 Å². The van der Waals surface area contributed by atoms with Crippen LogP contribution in [0.4, 0.5) is 5.69 Å². The topological polar surface area (TPSA) is 71.5 Å². The van der Waals surface area contributed by atoms with Crippen molar-refractivity contribution in [2.75, 3.05) is 38.9 Å². The lowest BCUT2D eigenvalue weighted by molar-refractivity contribution is -0.0232. The molecule has 2 aromatic carbocycles. The van der Waals surface area contributed by atoms with Crippen molar-refractivity contribution < 1.29 is 24.1 Å². The molecule has 7 heteroatoms. The third-order valence-electron chi connectivity index (χ3n) is 6.63. The predicted octanol–water partition coefficient (Wildman–Crippen LogP) is 2.77. The van der Waals surface area contributed by atoms with E-state index >= 15 is 0 Å². The number of anilines is 1. The summed E-state index contributed by atoms with van der Waals surface area (Å²) in [6, 6.07) is 13.2. The lowest BCUT2D eigenvalue weighted by atomic mass is 9.78. The minimum absolute atomic E-state index is 0.0578. The van der Waals surface area contributed by atoms with Gasteiger partial charge in [-0.05, 0) is 61.1 Å². The molecule has 3 aliphatic rings. The van der Waals surface area contributed by atoms with Gasteiger partial charge in [-0.3, -0.25) is 4.79 Å². The van der Waals surface area contributed by atoms with Gasteiger partial charge in [-0.25, -0.2) is 0 Å². The van der Waals surface area contributed by atoms with Crippen LogP contribution in [0.5, 0.6) is 17.2 Å². The van der Waals surface area contributed by atoms with Crippen LogP contribution in [0, 0.1) is 11.8 Å². The van der Waals surface area contributed by atoms with Gasteiger partial charge < -0.3 is 29.1 Å². The van der Waals surface area contributed by atoms with Gasteiger partial charge in [0.2, 0.25) is 6.79 Å². The van der Waals surface area contributed by atoms with E-state index in [1.54, 1.807) is 0 Å². The van der Waals surface area contributed by atoms with Crippen LogP contribution in [0.3, 0.4) is 0 Å². The minimum atomic E-state index is -0.555. The molecular weight excluding hydrogens is 396 g/mol. The average Bonchev–Trinajstić information content (AvgIpc) is 3.39. The van der Waals surface area contributed by atoms with E-state index in [1.807, 2.05) is 66.4 Å². The van der Waals surface area contributed by atoms with Crippen molar-refractivity contribution in [1.82, 2.24) is 4.90 Å². The fourth-order valence-corrected chi connectivity index (χ4v) is 4.89. The van der Waals surface area contributed by atoms with Crippen molar-refractivity contribution in [3.63, 3.8) is 0 Å². The quantitative estimate of drug-likeness (QED) is 0.814. The molecule has 2 fully saturated rings. The van der Waals surface area contributed by atoms with Gasteiger partial charge in [0.05, 0.1) is 6.10 Å². The maximum Gasteiger partial charge on any atom is 0.253 e. The SMILES string of the molecule is CN(C)c1ccc(C(=O)N2C[C@H]3C[C@@H](Oc4ccc5c(c4)OCO5)[C@H](O)C[C@H]3C2)cc1. The fourth-order valence-electron chi connectivity index (χ4n) is 4.89. The summed E-state index contributed by atoms with van der Waals surface area (Å²) in [7, 11) is 3.96.